The Bertz CT molecular complexity index is 6050. The van der Waals surface area contributed by atoms with Crippen molar-refractivity contribution in [3.05, 3.63) is 401 Å². The van der Waals surface area contributed by atoms with Crippen LogP contribution in [0.15, 0.2) is 397 Å². The summed E-state index contributed by atoms with van der Waals surface area (Å²) in [5.41, 5.74) is 22.9. The van der Waals surface area contributed by atoms with Gasteiger partial charge in [0.1, 0.15) is 0 Å². The first-order chi connectivity index (χ1) is 50.3. The molecular weight excluding hydrogens is 1490 g/mol. The second-order valence-corrected chi connectivity index (χ2v) is 28.0. The molecule has 102 heavy (non-hydrogen) atoms. The van der Waals surface area contributed by atoms with Gasteiger partial charge in [-0.05, 0) is 189 Å². The Kier molecular flexibility index (Phi) is 19.0. The van der Waals surface area contributed by atoms with Crippen LogP contribution in [0.3, 0.4) is 0 Å². The molecule has 0 aliphatic heterocycles. The normalized spacial score (nSPS) is 11.1. The van der Waals surface area contributed by atoms with Gasteiger partial charge in [-0.2, -0.15) is 0 Å². The van der Waals surface area contributed by atoms with Crippen LogP contribution in [0.4, 0.5) is 0 Å². The molecule has 20 rings (SSSR count). The Labute approximate surface area is 624 Å². The first-order valence-electron chi connectivity index (χ1n) is 34.0. The molecule has 0 atom stereocenters. The van der Waals surface area contributed by atoms with Crippen molar-refractivity contribution in [2.75, 3.05) is 0 Å². The topological polar surface area (TPSA) is 46.4 Å². The molecular formula is C94H68Br2IN5. The lowest BCUT2D eigenvalue weighted by Gasteiger charge is -2.14. The van der Waals surface area contributed by atoms with E-state index in [1.54, 1.807) is 0 Å². The molecule has 0 aliphatic carbocycles. The molecule has 0 saturated heterocycles. The Morgan fingerprint density at radius 1 is 0.235 bits per heavy atom. The van der Waals surface area contributed by atoms with E-state index in [9.17, 15) is 0 Å². The van der Waals surface area contributed by atoms with E-state index in [1.165, 1.54) is 136 Å². The first-order valence-corrected chi connectivity index (χ1v) is 36.7. The maximum Gasteiger partial charge on any atom is 0.0541 e. The maximum atomic E-state index is 3.50. The van der Waals surface area contributed by atoms with Crippen LogP contribution in [0.1, 0.15) is 1.43 Å². The quantitative estimate of drug-likeness (QED) is 0.149. The number of benzene rings is 15. The third kappa shape index (κ3) is 13.7. The minimum atomic E-state index is 0. The summed E-state index contributed by atoms with van der Waals surface area (Å²) in [5, 5.41) is 10.2. The van der Waals surface area contributed by atoms with Gasteiger partial charge in [0.05, 0.1) is 33.3 Å². The highest BCUT2D eigenvalue weighted by atomic mass is 127. The highest BCUT2D eigenvalue weighted by Gasteiger charge is 2.17. The summed E-state index contributed by atoms with van der Waals surface area (Å²) in [6, 6.07) is 137. The highest BCUT2D eigenvalue weighted by Crippen LogP contribution is 2.38. The highest BCUT2D eigenvalue weighted by molar-refractivity contribution is 14.1. The first kappa shape index (κ1) is 65.1. The number of hydrogen-bond donors (Lipinski definition) is 2. The molecule has 2 N–H and O–H groups in total. The van der Waals surface area contributed by atoms with E-state index in [4.69, 9.17) is 0 Å². The smallest absolute Gasteiger partial charge is 0.0541 e. The van der Waals surface area contributed by atoms with Gasteiger partial charge in [0, 0.05) is 96.3 Å². The SMILES string of the molecule is Brc1ccc(-n2c3ccccc3c3ccccc32)cc1.Brc1ccc(I)cc1.[2HH].c1ccc(-c2ccc(-c3cc4ccccc4[nH]3)cc2)cc1.c1ccc(-c2ccc(-c3cc4ccccc4n3-c3ccc(-n4c5ccccc5c5ccccc54)cc3)cc2)cc1.c1ccc2c(c1)[nH]c1ccccc12. The van der Waals surface area contributed by atoms with E-state index in [2.05, 4.69) is 448 Å². The molecule has 8 heteroatoms. The van der Waals surface area contributed by atoms with Crippen LogP contribution in [0.25, 0.3) is 149 Å². The summed E-state index contributed by atoms with van der Waals surface area (Å²) >= 11 is 9.12. The van der Waals surface area contributed by atoms with Crippen LogP contribution in [-0.2, 0) is 0 Å². The van der Waals surface area contributed by atoms with Gasteiger partial charge in [-0.25, -0.2) is 0 Å². The Morgan fingerprint density at radius 3 is 1.00 bits per heavy atom. The standard InChI is InChI=1S/C38H26N2.C20H15N.C18H12BrN.C12H9N.C6H4BrI.H2/c1-2-10-27(11-3-1)28-18-20-29(21-19-28)38-26-30-12-4-7-15-35(30)39(38)31-22-24-32(25-23-31)40-36-16-8-5-13-33(36)34-14-6-9-17-37(34)40;1-2-6-15(7-3-1)16-10-12-17(13-11-16)20-14-18-8-4-5-9-19(18)21-20;19-13-9-11-14(12-10-13)20-17-7-3-1-5-15(17)16-6-2-4-8-18(16)20;1-3-7-11-9(5-1)10-6-2-4-8-12(10)13-11;7-5-1-3-6(8)4-2-5;/h1-26H;1-14,21H;1-12H;1-8,13H;1-4H;1H/i;;;;;1+1. The van der Waals surface area contributed by atoms with Crippen molar-refractivity contribution < 1.29 is 1.43 Å². The minimum Gasteiger partial charge on any atom is -0.355 e. The molecule has 20 aromatic rings. The van der Waals surface area contributed by atoms with Gasteiger partial charge in [-0.1, -0.05) is 287 Å². The number of H-pyrrole nitrogens is 2. The second-order valence-electron chi connectivity index (χ2n) is 25.0. The van der Waals surface area contributed by atoms with Crippen molar-refractivity contribution in [1.82, 2.24) is 23.7 Å². The zero-order chi connectivity index (χ0) is 68.7. The number of hydrogen-bond acceptors (Lipinski definition) is 0. The summed E-state index contributed by atoms with van der Waals surface area (Å²) in [7, 11) is 0. The van der Waals surface area contributed by atoms with E-state index in [0.29, 0.717) is 0 Å². The van der Waals surface area contributed by atoms with Crippen molar-refractivity contribution in [2.45, 2.75) is 0 Å². The van der Waals surface area contributed by atoms with Crippen LogP contribution in [0, 0.1) is 3.57 Å². The largest absolute Gasteiger partial charge is 0.355 e. The number of nitrogens with one attached hydrogen (secondary N) is 2. The van der Waals surface area contributed by atoms with Gasteiger partial charge in [-0.3, -0.25) is 0 Å². The minimum absolute atomic E-state index is 0. The molecule has 0 unspecified atom stereocenters. The van der Waals surface area contributed by atoms with Gasteiger partial charge in [0.2, 0.25) is 0 Å². The molecule has 5 heterocycles. The third-order valence-corrected chi connectivity index (χ3v) is 20.4. The molecule has 0 spiro atoms. The Balaban J connectivity index is 0.000000115. The molecule has 0 aliphatic rings. The van der Waals surface area contributed by atoms with E-state index in [0.717, 1.165) is 26.0 Å². The fraction of sp³-hybridized carbons (Fsp3) is 0. The number of aromatic amines is 2. The molecule has 0 radical (unpaired) electrons. The Hall–Kier alpha value is -11.5. The zero-order valence-corrected chi connectivity index (χ0v) is 60.8. The van der Waals surface area contributed by atoms with E-state index in [1.807, 2.05) is 18.2 Å². The van der Waals surface area contributed by atoms with Crippen molar-refractivity contribution in [3.8, 4) is 61.8 Å². The summed E-state index contributed by atoms with van der Waals surface area (Å²) < 4.78 is 10.6. The molecule has 0 bridgehead atoms. The van der Waals surface area contributed by atoms with Crippen LogP contribution in [0.5, 0.6) is 0 Å². The molecule has 5 nitrogen and oxygen atoms in total. The Morgan fingerprint density at radius 2 is 0.559 bits per heavy atom. The average Bonchev–Trinajstić information content (AvgIpc) is 1.60. The van der Waals surface area contributed by atoms with E-state index in [-0.39, 0.29) is 1.43 Å². The lowest BCUT2D eigenvalue weighted by atomic mass is 10.0. The van der Waals surface area contributed by atoms with Crippen molar-refractivity contribution >= 4 is 142 Å². The molecule has 0 amide bonds. The van der Waals surface area contributed by atoms with Crippen molar-refractivity contribution in [3.63, 3.8) is 0 Å². The predicted octanol–water partition coefficient (Wildman–Crippen LogP) is 27.7. The summed E-state index contributed by atoms with van der Waals surface area (Å²) in [4.78, 5) is 6.85. The van der Waals surface area contributed by atoms with Gasteiger partial charge in [0.15, 0.2) is 0 Å². The third-order valence-electron chi connectivity index (χ3n) is 18.7. The number of rotatable bonds is 7. The number of nitrogens with zero attached hydrogens (tertiary/aromatic N) is 3. The molecule has 15 aromatic carbocycles. The van der Waals surface area contributed by atoms with E-state index >= 15 is 0 Å². The van der Waals surface area contributed by atoms with Gasteiger partial charge in [-0.15, -0.1) is 0 Å². The summed E-state index contributed by atoms with van der Waals surface area (Å²) in [5.74, 6) is 0. The predicted molar refractivity (Wildman–Crippen MR) is 451 cm³/mol. The van der Waals surface area contributed by atoms with Crippen molar-refractivity contribution in [1.29, 1.82) is 0 Å². The lowest BCUT2D eigenvalue weighted by Crippen LogP contribution is -1.99. The van der Waals surface area contributed by atoms with Crippen LogP contribution >= 0.6 is 54.5 Å². The molecule has 490 valence electrons. The molecule has 0 fully saturated rings. The number of fused-ring (bicyclic) bond motifs is 11. The summed E-state index contributed by atoms with van der Waals surface area (Å²) in [6.45, 7) is 0. The summed E-state index contributed by atoms with van der Waals surface area (Å²) in [6.07, 6.45) is 0. The van der Waals surface area contributed by atoms with E-state index < -0.39 is 0 Å². The molecule has 0 saturated carbocycles. The average molecular weight is 1560 g/mol. The lowest BCUT2D eigenvalue weighted by molar-refractivity contribution is 1.12. The number of para-hydroxylation sites is 8. The van der Waals surface area contributed by atoms with Crippen molar-refractivity contribution in [2.24, 2.45) is 0 Å². The second kappa shape index (κ2) is 29.7. The number of aromatic nitrogens is 5. The van der Waals surface area contributed by atoms with Crippen LogP contribution < -0.4 is 0 Å². The van der Waals surface area contributed by atoms with Gasteiger partial charge >= 0.3 is 0 Å². The maximum absolute atomic E-state index is 3.50. The van der Waals surface area contributed by atoms with Gasteiger partial charge < -0.3 is 23.7 Å². The fourth-order valence-corrected chi connectivity index (χ4v) is 14.7. The number of halogens is 3. The van der Waals surface area contributed by atoms with Crippen LogP contribution in [-0.4, -0.2) is 23.7 Å². The fourth-order valence-electron chi connectivity index (χ4n) is 13.8. The monoisotopic (exact) mass is 1550 g/mol. The van der Waals surface area contributed by atoms with Crippen LogP contribution in [0.2, 0.25) is 0 Å². The molecule has 5 aromatic heterocycles. The van der Waals surface area contributed by atoms with Gasteiger partial charge in [0.25, 0.3) is 0 Å². The zero-order valence-electron chi connectivity index (χ0n) is 55.4.